The molecule has 3 heteroatoms. The predicted octanol–water partition coefficient (Wildman–Crippen LogP) is 1.42. The van der Waals surface area contributed by atoms with Crippen LogP contribution < -0.4 is 11.1 Å². The van der Waals surface area contributed by atoms with Crippen LogP contribution in [0.4, 0.5) is 0 Å². The SMILES string of the molecule is CC(C(=O)NC/C=C/CN)c1ccccc1. The summed E-state index contributed by atoms with van der Waals surface area (Å²) in [5, 5.41) is 2.83. The van der Waals surface area contributed by atoms with Gasteiger partial charge in [-0.2, -0.15) is 0 Å². The van der Waals surface area contributed by atoms with Gasteiger partial charge in [0, 0.05) is 13.1 Å². The van der Waals surface area contributed by atoms with Gasteiger partial charge in [0.15, 0.2) is 0 Å². The minimum Gasteiger partial charge on any atom is -0.352 e. The molecule has 3 N–H and O–H groups in total. The number of hydrogen-bond donors (Lipinski definition) is 2. The largest absolute Gasteiger partial charge is 0.352 e. The Morgan fingerprint density at radius 1 is 1.38 bits per heavy atom. The van der Waals surface area contributed by atoms with Gasteiger partial charge in [-0.05, 0) is 12.5 Å². The number of benzene rings is 1. The van der Waals surface area contributed by atoms with E-state index in [-0.39, 0.29) is 11.8 Å². The van der Waals surface area contributed by atoms with E-state index < -0.39 is 0 Å². The number of nitrogens with two attached hydrogens (primary N) is 1. The summed E-state index contributed by atoms with van der Waals surface area (Å²) < 4.78 is 0. The van der Waals surface area contributed by atoms with Crippen LogP contribution in [0.25, 0.3) is 0 Å². The molecule has 0 aliphatic rings. The molecule has 0 spiro atoms. The second-order valence-corrected chi connectivity index (χ2v) is 3.58. The van der Waals surface area contributed by atoms with Crippen LogP contribution in [0.2, 0.25) is 0 Å². The molecule has 0 aromatic heterocycles. The lowest BCUT2D eigenvalue weighted by atomic mass is 10.0. The Bertz CT molecular complexity index is 346. The van der Waals surface area contributed by atoms with Crippen molar-refractivity contribution in [1.82, 2.24) is 5.32 Å². The van der Waals surface area contributed by atoms with E-state index in [1.807, 2.05) is 49.4 Å². The molecule has 1 unspecified atom stereocenters. The molecule has 1 aromatic carbocycles. The van der Waals surface area contributed by atoms with Crippen LogP contribution >= 0.6 is 0 Å². The molecule has 0 aliphatic carbocycles. The fourth-order valence-electron chi connectivity index (χ4n) is 1.39. The molecule has 0 aliphatic heterocycles. The summed E-state index contributed by atoms with van der Waals surface area (Å²) in [6, 6.07) is 9.74. The van der Waals surface area contributed by atoms with Gasteiger partial charge in [0.1, 0.15) is 0 Å². The third kappa shape index (κ3) is 3.87. The summed E-state index contributed by atoms with van der Waals surface area (Å²) in [5.41, 5.74) is 6.33. The number of amides is 1. The summed E-state index contributed by atoms with van der Waals surface area (Å²) in [6.07, 6.45) is 3.68. The van der Waals surface area contributed by atoms with E-state index in [0.29, 0.717) is 13.1 Å². The Morgan fingerprint density at radius 2 is 2.06 bits per heavy atom. The summed E-state index contributed by atoms with van der Waals surface area (Å²) >= 11 is 0. The summed E-state index contributed by atoms with van der Waals surface area (Å²) in [5.74, 6) is -0.0830. The Labute approximate surface area is 96.3 Å². The van der Waals surface area contributed by atoms with Gasteiger partial charge in [0.25, 0.3) is 0 Å². The topological polar surface area (TPSA) is 55.1 Å². The highest BCUT2D eigenvalue weighted by atomic mass is 16.1. The van der Waals surface area contributed by atoms with E-state index in [1.54, 1.807) is 0 Å². The molecule has 0 bridgehead atoms. The number of nitrogens with one attached hydrogen (secondary N) is 1. The molecule has 1 atom stereocenters. The maximum atomic E-state index is 11.7. The smallest absolute Gasteiger partial charge is 0.227 e. The molecular formula is C13H18N2O. The van der Waals surface area contributed by atoms with Gasteiger partial charge in [0.05, 0.1) is 5.92 Å². The lowest BCUT2D eigenvalue weighted by Gasteiger charge is -2.11. The van der Waals surface area contributed by atoms with Crippen molar-refractivity contribution in [3.05, 3.63) is 48.0 Å². The Kier molecular flexibility index (Phi) is 5.29. The molecule has 1 rings (SSSR count). The van der Waals surface area contributed by atoms with E-state index >= 15 is 0 Å². The normalized spacial score (nSPS) is 12.6. The standard InChI is InChI=1S/C13H18N2O/c1-11(12-7-3-2-4-8-12)13(16)15-10-6-5-9-14/h2-8,11H,9-10,14H2,1H3,(H,15,16)/b6-5+. The second-order valence-electron chi connectivity index (χ2n) is 3.58. The van der Waals surface area contributed by atoms with Crippen LogP contribution in [0.3, 0.4) is 0 Å². The van der Waals surface area contributed by atoms with Crippen LogP contribution in [0.5, 0.6) is 0 Å². The first kappa shape index (κ1) is 12.5. The zero-order valence-corrected chi connectivity index (χ0v) is 9.52. The molecule has 0 radical (unpaired) electrons. The predicted molar refractivity (Wildman–Crippen MR) is 66.1 cm³/mol. The Morgan fingerprint density at radius 3 is 2.69 bits per heavy atom. The third-order valence-corrected chi connectivity index (χ3v) is 2.39. The fourth-order valence-corrected chi connectivity index (χ4v) is 1.39. The highest BCUT2D eigenvalue weighted by molar-refractivity contribution is 5.83. The van der Waals surface area contributed by atoms with Gasteiger partial charge in [-0.1, -0.05) is 42.5 Å². The zero-order valence-electron chi connectivity index (χ0n) is 9.52. The van der Waals surface area contributed by atoms with Gasteiger partial charge in [0.2, 0.25) is 5.91 Å². The molecule has 0 saturated carbocycles. The van der Waals surface area contributed by atoms with E-state index in [0.717, 1.165) is 5.56 Å². The zero-order chi connectivity index (χ0) is 11.8. The molecular weight excluding hydrogens is 200 g/mol. The molecule has 0 saturated heterocycles. The summed E-state index contributed by atoms with van der Waals surface area (Å²) in [4.78, 5) is 11.7. The Balaban J connectivity index is 2.45. The van der Waals surface area contributed by atoms with Crippen LogP contribution in [0, 0.1) is 0 Å². The van der Waals surface area contributed by atoms with E-state index in [2.05, 4.69) is 5.32 Å². The average molecular weight is 218 g/mol. The minimum absolute atomic E-state index is 0.0351. The molecule has 1 aromatic rings. The van der Waals surface area contributed by atoms with Crippen molar-refractivity contribution in [1.29, 1.82) is 0 Å². The van der Waals surface area contributed by atoms with Crippen LogP contribution in [-0.2, 0) is 4.79 Å². The average Bonchev–Trinajstić information content (AvgIpc) is 2.34. The van der Waals surface area contributed by atoms with Gasteiger partial charge in [-0.15, -0.1) is 0 Å². The van der Waals surface area contributed by atoms with E-state index in [1.165, 1.54) is 0 Å². The summed E-state index contributed by atoms with van der Waals surface area (Å²) in [6.45, 7) is 2.94. The first-order valence-corrected chi connectivity index (χ1v) is 5.43. The minimum atomic E-state index is -0.118. The van der Waals surface area contributed by atoms with Crippen LogP contribution in [0.1, 0.15) is 18.4 Å². The lowest BCUT2D eigenvalue weighted by molar-refractivity contribution is -0.121. The first-order chi connectivity index (χ1) is 7.75. The highest BCUT2D eigenvalue weighted by Gasteiger charge is 2.13. The van der Waals surface area contributed by atoms with Crippen molar-refractivity contribution in [2.75, 3.05) is 13.1 Å². The highest BCUT2D eigenvalue weighted by Crippen LogP contribution is 2.13. The maximum absolute atomic E-state index is 11.7. The van der Waals surface area contributed by atoms with Gasteiger partial charge < -0.3 is 11.1 Å². The maximum Gasteiger partial charge on any atom is 0.227 e. The van der Waals surface area contributed by atoms with Crippen molar-refractivity contribution in [2.45, 2.75) is 12.8 Å². The van der Waals surface area contributed by atoms with Crippen molar-refractivity contribution in [3.8, 4) is 0 Å². The van der Waals surface area contributed by atoms with E-state index in [4.69, 9.17) is 5.73 Å². The summed E-state index contributed by atoms with van der Waals surface area (Å²) in [7, 11) is 0. The van der Waals surface area contributed by atoms with Gasteiger partial charge >= 0.3 is 0 Å². The first-order valence-electron chi connectivity index (χ1n) is 5.43. The number of hydrogen-bond acceptors (Lipinski definition) is 2. The second kappa shape index (κ2) is 6.80. The van der Waals surface area contributed by atoms with Gasteiger partial charge in [-0.25, -0.2) is 0 Å². The quantitative estimate of drug-likeness (QED) is 0.734. The number of rotatable bonds is 5. The lowest BCUT2D eigenvalue weighted by Crippen LogP contribution is -2.28. The molecule has 16 heavy (non-hydrogen) atoms. The number of carbonyl (C=O) groups excluding carboxylic acids is 1. The fraction of sp³-hybridized carbons (Fsp3) is 0.308. The molecule has 0 fully saturated rings. The van der Waals surface area contributed by atoms with Crippen molar-refractivity contribution >= 4 is 5.91 Å². The molecule has 3 nitrogen and oxygen atoms in total. The Hall–Kier alpha value is -1.61. The van der Waals surface area contributed by atoms with Crippen LogP contribution in [0.15, 0.2) is 42.5 Å². The van der Waals surface area contributed by atoms with E-state index in [9.17, 15) is 4.79 Å². The van der Waals surface area contributed by atoms with Crippen molar-refractivity contribution in [2.24, 2.45) is 5.73 Å². The van der Waals surface area contributed by atoms with Crippen molar-refractivity contribution in [3.63, 3.8) is 0 Å². The van der Waals surface area contributed by atoms with Gasteiger partial charge in [-0.3, -0.25) is 4.79 Å². The van der Waals surface area contributed by atoms with Crippen molar-refractivity contribution < 1.29 is 4.79 Å². The van der Waals surface area contributed by atoms with Crippen LogP contribution in [-0.4, -0.2) is 19.0 Å². The molecule has 0 heterocycles. The number of carbonyl (C=O) groups is 1. The monoisotopic (exact) mass is 218 g/mol. The third-order valence-electron chi connectivity index (χ3n) is 2.39. The molecule has 1 amide bonds. The molecule has 86 valence electrons.